The summed E-state index contributed by atoms with van der Waals surface area (Å²) < 4.78 is 46.4. The highest BCUT2D eigenvalue weighted by Gasteiger charge is 2.13. The Labute approximate surface area is 152 Å². The van der Waals surface area contributed by atoms with Gasteiger partial charge in [0.15, 0.2) is 23.2 Å². The van der Waals surface area contributed by atoms with Crippen molar-refractivity contribution in [2.24, 2.45) is 0 Å². The lowest BCUT2D eigenvalue weighted by Crippen LogP contribution is -2.27. The van der Waals surface area contributed by atoms with Crippen molar-refractivity contribution in [2.45, 2.75) is 13.2 Å². The number of hydrogen-bond donors (Lipinski definition) is 1. The monoisotopic (exact) mass is 376 g/mol. The van der Waals surface area contributed by atoms with Crippen LogP contribution in [0, 0.1) is 17.5 Å². The van der Waals surface area contributed by atoms with Gasteiger partial charge in [-0.1, -0.05) is 6.07 Å². The van der Waals surface area contributed by atoms with Gasteiger partial charge in [0, 0.05) is 11.1 Å². The number of hydrogen-bond acceptors (Lipinski definition) is 4. The van der Waals surface area contributed by atoms with Crippen molar-refractivity contribution in [3.05, 3.63) is 81.4 Å². The minimum Gasteiger partial charge on any atom is -0.494 e. The number of rotatable bonds is 5. The normalized spacial score (nSPS) is 10.9. The molecule has 8 heteroatoms. The Morgan fingerprint density at radius 3 is 2.44 bits per heavy atom. The zero-order chi connectivity index (χ0) is 19.6. The molecule has 0 unspecified atom stereocenters. The van der Waals surface area contributed by atoms with Crippen molar-refractivity contribution in [1.29, 1.82) is 0 Å². The molecule has 0 saturated carbocycles. The van der Waals surface area contributed by atoms with Gasteiger partial charge in [0.25, 0.3) is 5.56 Å². The van der Waals surface area contributed by atoms with Gasteiger partial charge in [0.2, 0.25) is 0 Å². The first-order valence-corrected chi connectivity index (χ1v) is 7.92. The fourth-order valence-corrected chi connectivity index (χ4v) is 2.59. The molecule has 0 aliphatic rings. The quantitative estimate of drug-likeness (QED) is 0.744. The van der Waals surface area contributed by atoms with Gasteiger partial charge in [-0.3, -0.25) is 4.79 Å². The fraction of sp³-hybridized carbons (Fsp3) is 0.158. The van der Waals surface area contributed by atoms with Crippen LogP contribution >= 0.6 is 0 Å². The van der Waals surface area contributed by atoms with Gasteiger partial charge in [-0.05, 0) is 42.0 Å². The van der Waals surface area contributed by atoms with E-state index in [4.69, 9.17) is 4.74 Å². The Bertz CT molecular complexity index is 1050. The Hall–Kier alpha value is -3.13. The van der Waals surface area contributed by atoms with Gasteiger partial charge in [0.05, 0.1) is 26.0 Å². The number of halogens is 3. The Morgan fingerprint density at radius 2 is 1.81 bits per heavy atom. The predicted octanol–water partition coefficient (Wildman–Crippen LogP) is 2.88. The molecule has 1 aromatic heterocycles. The van der Waals surface area contributed by atoms with Gasteiger partial charge >= 0.3 is 0 Å². The molecule has 0 fully saturated rings. The Kier molecular flexibility index (Phi) is 5.27. The highest BCUT2D eigenvalue weighted by molar-refractivity contribution is 5.60. The molecule has 0 amide bonds. The van der Waals surface area contributed by atoms with Crippen LogP contribution in [-0.2, 0) is 13.2 Å². The minimum atomic E-state index is -1.05. The molecular weight excluding hydrogens is 361 g/mol. The van der Waals surface area contributed by atoms with E-state index in [1.54, 1.807) is 6.07 Å². The zero-order valence-electron chi connectivity index (χ0n) is 14.2. The van der Waals surface area contributed by atoms with E-state index in [1.165, 1.54) is 31.4 Å². The molecule has 0 atom stereocenters. The largest absolute Gasteiger partial charge is 0.494 e. The summed E-state index contributed by atoms with van der Waals surface area (Å²) in [5.41, 5.74) is 0.369. The van der Waals surface area contributed by atoms with Crippen LogP contribution in [0.4, 0.5) is 13.2 Å². The van der Waals surface area contributed by atoms with Gasteiger partial charge in [0.1, 0.15) is 0 Å². The van der Waals surface area contributed by atoms with E-state index < -0.39 is 29.6 Å². The van der Waals surface area contributed by atoms with Crippen molar-refractivity contribution in [1.82, 2.24) is 9.78 Å². The van der Waals surface area contributed by atoms with Gasteiger partial charge < -0.3 is 9.84 Å². The first-order chi connectivity index (χ1) is 12.9. The molecule has 2 aromatic carbocycles. The number of benzene rings is 2. The molecule has 0 bridgehead atoms. The second-order valence-corrected chi connectivity index (χ2v) is 5.77. The van der Waals surface area contributed by atoms with Crippen LogP contribution in [0.1, 0.15) is 11.1 Å². The molecule has 0 aliphatic carbocycles. The average molecular weight is 376 g/mol. The molecule has 3 aromatic rings. The second kappa shape index (κ2) is 7.63. The summed E-state index contributed by atoms with van der Waals surface area (Å²) in [4.78, 5) is 12.4. The summed E-state index contributed by atoms with van der Waals surface area (Å²) in [5, 5.41) is 13.6. The summed E-state index contributed by atoms with van der Waals surface area (Å²) in [7, 11) is 1.34. The molecule has 140 valence electrons. The Balaban J connectivity index is 2.06. The number of nitrogens with zero attached hydrogens (tertiary/aromatic N) is 2. The van der Waals surface area contributed by atoms with Crippen molar-refractivity contribution in [3.63, 3.8) is 0 Å². The van der Waals surface area contributed by atoms with Crippen LogP contribution in [0.2, 0.25) is 0 Å². The summed E-state index contributed by atoms with van der Waals surface area (Å²) >= 11 is 0. The van der Waals surface area contributed by atoms with Crippen molar-refractivity contribution in [2.75, 3.05) is 7.11 Å². The average Bonchev–Trinajstić information content (AvgIpc) is 2.66. The smallest absolute Gasteiger partial charge is 0.272 e. The maximum absolute atomic E-state index is 14.0. The summed E-state index contributed by atoms with van der Waals surface area (Å²) in [5.74, 6) is -2.61. The van der Waals surface area contributed by atoms with Crippen LogP contribution in [0.15, 0.2) is 47.3 Å². The first kappa shape index (κ1) is 18.7. The van der Waals surface area contributed by atoms with E-state index in [9.17, 15) is 23.1 Å². The summed E-state index contributed by atoms with van der Waals surface area (Å²) in [6.45, 7) is -0.694. The van der Waals surface area contributed by atoms with Crippen molar-refractivity contribution >= 4 is 0 Å². The number of aliphatic hydroxyl groups excluding tert-OH is 1. The van der Waals surface area contributed by atoms with Crippen LogP contribution in [0.3, 0.4) is 0 Å². The third-order valence-electron chi connectivity index (χ3n) is 3.98. The van der Waals surface area contributed by atoms with Gasteiger partial charge in [-0.2, -0.15) is 5.10 Å². The maximum atomic E-state index is 14.0. The van der Waals surface area contributed by atoms with E-state index in [-0.39, 0.29) is 23.6 Å². The predicted molar refractivity (Wildman–Crippen MR) is 91.8 cm³/mol. The van der Waals surface area contributed by atoms with E-state index >= 15 is 0 Å². The van der Waals surface area contributed by atoms with Crippen LogP contribution in [0.5, 0.6) is 5.75 Å². The highest BCUT2D eigenvalue weighted by atomic mass is 19.2. The lowest BCUT2D eigenvalue weighted by Gasteiger charge is -2.11. The molecule has 27 heavy (non-hydrogen) atoms. The fourth-order valence-electron chi connectivity index (χ4n) is 2.59. The highest BCUT2D eigenvalue weighted by Crippen LogP contribution is 2.24. The topological polar surface area (TPSA) is 64.3 Å². The van der Waals surface area contributed by atoms with Crippen LogP contribution in [-0.4, -0.2) is 22.0 Å². The van der Waals surface area contributed by atoms with Gasteiger partial charge in [-0.15, -0.1) is 0 Å². The lowest BCUT2D eigenvalue weighted by molar-refractivity contribution is 0.278. The van der Waals surface area contributed by atoms with E-state index in [0.717, 1.165) is 16.8 Å². The lowest BCUT2D eigenvalue weighted by atomic mass is 10.1. The van der Waals surface area contributed by atoms with Gasteiger partial charge in [-0.25, -0.2) is 17.9 Å². The first-order valence-electron chi connectivity index (χ1n) is 7.92. The number of ether oxygens (including phenoxy) is 1. The third kappa shape index (κ3) is 3.85. The maximum Gasteiger partial charge on any atom is 0.272 e. The van der Waals surface area contributed by atoms with Crippen molar-refractivity contribution in [3.8, 4) is 17.0 Å². The molecule has 0 saturated heterocycles. The van der Waals surface area contributed by atoms with E-state index in [2.05, 4.69) is 5.10 Å². The number of aromatic nitrogens is 2. The molecule has 0 radical (unpaired) electrons. The number of methoxy groups -OCH3 is 1. The second-order valence-electron chi connectivity index (χ2n) is 5.77. The minimum absolute atomic E-state index is 0.0406. The zero-order valence-corrected chi connectivity index (χ0v) is 14.2. The summed E-state index contributed by atoms with van der Waals surface area (Å²) in [6, 6.07) is 8.74. The SMILES string of the molecule is COc1ccc(-c2cc(CO)c(=O)n(Cc3ccc(F)c(F)c3)n2)cc1F. The third-order valence-corrected chi connectivity index (χ3v) is 3.98. The molecule has 5 nitrogen and oxygen atoms in total. The standard InChI is InChI=1S/C19H15F3N2O3/c1-27-18-5-3-12(7-16(18)22)17-8-13(10-25)19(26)24(23-17)9-11-2-4-14(20)15(21)6-11/h2-8,25H,9-10H2,1H3. The summed E-state index contributed by atoms with van der Waals surface area (Å²) in [6.07, 6.45) is 0. The molecule has 0 spiro atoms. The van der Waals surface area contributed by atoms with Crippen molar-refractivity contribution < 1.29 is 23.0 Å². The molecule has 1 heterocycles. The van der Waals surface area contributed by atoms with Crippen LogP contribution < -0.4 is 10.3 Å². The number of aliphatic hydroxyl groups is 1. The van der Waals surface area contributed by atoms with E-state index in [0.29, 0.717) is 11.1 Å². The Morgan fingerprint density at radius 1 is 1.04 bits per heavy atom. The molecule has 0 aliphatic heterocycles. The molecule has 1 N–H and O–H groups in total. The molecule has 3 rings (SSSR count). The van der Waals surface area contributed by atoms with Crippen LogP contribution in [0.25, 0.3) is 11.3 Å². The molecular formula is C19H15F3N2O3. The van der Waals surface area contributed by atoms with E-state index in [1.807, 2.05) is 0 Å².